The number of aromatic amines is 1. The van der Waals surface area contributed by atoms with Crippen LogP contribution in [-0.4, -0.2) is 9.97 Å². The molecule has 1 heterocycles. The number of imidazole rings is 1. The number of hydrogen-bond acceptors (Lipinski definition) is 1. The molecule has 2 nitrogen and oxygen atoms in total. The summed E-state index contributed by atoms with van der Waals surface area (Å²) in [4.78, 5) is 7.52. The standard InChI is InChI=1S/C16H10BrF3N2/c17-12-6-7-13-14(9-12)22-15(21-13)8-3-10-1-4-11(5-2-10)16(18,19)20/h1-9H,(H,21,22). The lowest BCUT2D eigenvalue weighted by Crippen LogP contribution is -2.03. The predicted molar refractivity (Wildman–Crippen MR) is 84.2 cm³/mol. The van der Waals surface area contributed by atoms with Crippen molar-refractivity contribution in [3.05, 3.63) is 63.9 Å². The maximum atomic E-state index is 12.5. The predicted octanol–water partition coefficient (Wildman–Crippen LogP) is 5.51. The summed E-state index contributed by atoms with van der Waals surface area (Å²) in [5, 5.41) is 0. The Bertz CT molecular complexity index is 833. The number of aromatic nitrogens is 2. The van der Waals surface area contributed by atoms with Crippen LogP contribution in [0.15, 0.2) is 46.9 Å². The third kappa shape index (κ3) is 3.22. The van der Waals surface area contributed by atoms with Crippen LogP contribution in [0.4, 0.5) is 13.2 Å². The van der Waals surface area contributed by atoms with E-state index >= 15 is 0 Å². The van der Waals surface area contributed by atoms with Gasteiger partial charge in [0.05, 0.1) is 16.6 Å². The molecule has 0 aliphatic heterocycles. The molecule has 2 aromatic carbocycles. The van der Waals surface area contributed by atoms with E-state index in [4.69, 9.17) is 0 Å². The molecular formula is C16H10BrF3N2. The monoisotopic (exact) mass is 366 g/mol. The van der Waals surface area contributed by atoms with Crippen LogP contribution in [0.5, 0.6) is 0 Å². The fourth-order valence-electron chi connectivity index (χ4n) is 2.04. The molecule has 22 heavy (non-hydrogen) atoms. The molecule has 0 bridgehead atoms. The lowest BCUT2D eigenvalue weighted by Gasteiger charge is -2.05. The molecule has 0 aliphatic rings. The van der Waals surface area contributed by atoms with Crippen molar-refractivity contribution in [1.29, 1.82) is 0 Å². The minimum Gasteiger partial charge on any atom is -0.338 e. The van der Waals surface area contributed by atoms with Gasteiger partial charge in [-0.25, -0.2) is 4.98 Å². The normalized spacial score (nSPS) is 12.4. The molecule has 6 heteroatoms. The first-order valence-corrected chi connectivity index (χ1v) is 7.22. The van der Waals surface area contributed by atoms with E-state index in [0.717, 1.165) is 27.6 Å². The highest BCUT2D eigenvalue weighted by Crippen LogP contribution is 2.29. The lowest BCUT2D eigenvalue weighted by atomic mass is 10.1. The fraction of sp³-hybridized carbons (Fsp3) is 0.0625. The SMILES string of the molecule is FC(F)(F)c1ccc(C=Cc2nc3ccc(Br)cc3[nH]2)cc1. The van der Waals surface area contributed by atoms with Gasteiger partial charge >= 0.3 is 6.18 Å². The van der Waals surface area contributed by atoms with Crippen molar-refractivity contribution in [2.75, 3.05) is 0 Å². The van der Waals surface area contributed by atoms with E-state index in [1.807, 2.05) is 18.2 Å². The summed E-state index contributed by atoms with van der Waals surface area (Å²) in [6.07, 6.45) is -0.863. The van der Waals surface area contributed by atoms with Crippen LogP contribution in [0, 0.1) is 0 Å². The van der Waals surface area contributed by atoms with Crippen molar-refractivity contribution in [3.8, 4) is 0 Å². The van der Waals surface area contributed by atoms with E-state index in [-0.39, 0.29) is 0 Å². The van der Waals surface area contributed by atoms with Gasteiger partial charge in [-0.05, 0) is 42.0 Å². The molecule has 3 rings (SSSR count). The summed E-state index contributed by atoms with van der Waals surface area (Å²) in [6, 6.07) is 10.7. The Morgan fingerprint density at radius 1 is 1.00 bits per heavy atom. The summed E-state index contributed by atoms with van der Waals surface area (Å²) < 4.78 is 38.4. The molecule has 1 N–H and O–H groups in total. The number of hydrogen-bond donors (Lipinski definition) is 1. The van der Waals surface area contributed by atoms with Gasteiger partial charge in [0.15, 0.2) is 0 Å². The molecule has 0 amide bonds. The van der Waals surface area contributed by atoms with E-state index in [9.17, 15) is 13.2 Å². The quantitative estimate of drug-likeness (QED) is 0.635. The van der Waals surface area contributed by atoms with Crippen LogP contribution in [0.1, 0.15) is 17.0 Å². The second-order valence-electron chi connectivity index (χ2n) is 4.74. The number of nitrogens with one attached hydrogen (secondary N) is 1. The number of rotatable bonds is 2. The molecule has 0 fully saturated rings. The second-order valence-corrected chi connectivity index (χ2v) is 5.65. The third-order valence-corrected chi connectivity index (χ3v) is 3.63. The van der Waals surface area contributed by atoms with Gasteiger partial charge in [0.25, 0.3) is 0 Å². The van der Waals surface area contributed by atoms with E-state index < -0.39 is 11.7 Å². The molecule has 0 saturated heterocycles. The van der Waals surface area contributed by atoms with Gasteiger partial charge in [0.2, 0.25) is 0 Å². The highest BCUT2D eigenvalue weighted by atomic mass is 79.9. The number of H-pyrrole nitrogens is 1. The van der Waals surface area contributed by atoms with E-state index in [0.29, 0.717) is 11.4 Å². The minimum atomic E-state index is -4.31. The van der Waals surface area contributed by atoms with Crippen molar-refractivity contribution in [2.45, 2.75) is 6.18 Å². The maximum absolute atomic E-state index is 12.5. The Labute approximate surface area is 132 Å². The molecule has 3 aromatic rings. The summed E-state index contributed by atoms with van der Waals surface area (Å²) in [5.41, 5.74) is 1.74. The van der Waals surface area contributed by atoms with E-state index in [2.05, 4.69) is 25.9 Å². The first-order chi connectivity index (χ1) is 10.4. The maximum Gasteiger partial charge on any atom is 0.416 e. The number of halogens is 4. The zero-order valence-electron chi connectivity index (χ0n) is 11.2. The molecule has 0 spiro atoms. The Kier molecular flexibility index (Phi) is 3.78. The average molecular weight is 367 g/mol. The Hall–Kier alpha value is -2.08. The van der Waals surface area contributed by atoms with Crippen LogP contribution < -0.4 is 0 Å². The first-order valence-electron chi connectivity index (χ1n) is 6.42. The average Bonchev–Trinajstić information content (AvgIpc) is 2.86. The Balaban J connectivity index is 1.83. The molecule has 112 valence electrons. The topological polar surface area (TPSA) is 28.7 Å². The first kappa shape index (κ1) is 14.8. The van der Waals surface area contributed by atoms with Gasteiger partial charge in [-0.2, -0.15) is 13.2 Å². The largest absolute Gasteiger partial charge is 0.416 e. The fourth-order valence-corrected chi connectivity index (χ4v) is 2.40. The van der Waals surface area contributed by atoms with Crippen LogP contribution >= 0.6 is 15.9 Å². The summed E-state index contributed by atoms with van der Waals surface area (Å²) in [6.45, 7) is 0. The van der Waals surface area contributed by atoms with Crippen LogP contribution in [0.2, 0.25) is 0 Å². The molecule has 0 saturated carbocycles. The summed E-state index contributed by atoms with van der Waals surface area (Å²) in [7, 11) is 0. The van der Waals surface area contributed by atoms with Gasteiger partial charge in [0.1, 0.15) is 5.82 Å². The van der Waals surface area contributed by atoms with Gasteiger partial charge in [-0.15, -0.1) is 0 Å². The van der Waals surface area contributed by atoms with Crippen LogP contribution in [0.3, 0.4) is 0 Å². The Morgan fingerprint density at radius 3 is 2.41 bits per heavy atom. The second kappa shape index (κ2) is 5.61. The van der Waals surface area contributed by atoms with Crippen LogP contribution in [0.25, 0.3) is 23.2 Å². The highest BCUT2D eigenvalue weighted by molar-refractivity contribution is 9.10. The molecule has 0 radical (unpaired) electrons. The number of fused-ring (bicyclic) bond motifs is 1. The van der Waals surface area contributed by atoms with Crippen molar-refractivity contribution in [3.63, 3.8) is 0 Å². The molecule has 0 unspecified atom stereocenters. The van der Waals surface area contributed by atoms with Crippen molar-refractivity contribution < 1.29 is 13.2 Å². The molecule has 0 atom stereocenters. The number of alkyl halides is 3. The lowest BCUT2D eigenvalue weighted by molar-refractivity contribution is -0.137. The van der Waals surface area contributed by atoms with Crippen molar-refractivity contribution in [1.82, 2.24) is 9.97 Å². The zero-order chi connectivity index (χ0) is 15.7. The molecule has 0 aliphatic carbocycles. The number of benzene rings is 2. The molecular weight excluding hydrogens is 357 g/mol. The Morgan fingerprint density at radius 2 is 1.73 bits per heavy atom. The third-order valence-electron chi connectivity index (χ3n) is 3.13. The van der Waals surface area contributed by atoms with Crippen molar-refractivity contribution >= 4 is 39.1 Å². The van der Waals surface area contributed by atoms with E-state index in [1.54, 1.807) is 12.2 Å². The molecule has 1 aromatic heterocycles. The van der Waals surface area contributed by atoms with Gasteiger partial charge < -0.3 is 4.98 Å². The minimum absolute atomic E-state index is 0.646. The van der Waals surface area contributed by atoms with E-state index in [1.165, 1.54) is 12.1 Å². The van der Waals surface area contributed by atoms with Gasteiger partial charge in [-0.1, -0.05) is 34.1 Å². The van der Waals surface area contributed by atoms with Crippen molar-refractivity contribution in [2.24, 2.45) is 0 Å². The summed E-state index contributed by atoms with van der Waals surface area (Å²) in [5.74, 6) is 0.646. The summed E-state index contributed by atoms with van der Waals surface area (Å²) >= 11 is 3.38. The zero-order valence-corrected chi connectivity index (χ0v) is 12.7. The highest BCUT2D eigenvalue weighted by Gasteiger charge is 2.29. The number of nitrogens with zero attached hydrogens (tertiary/aromatic N) is 1. The smallest absolute Gasteiger partial charge is 0.338 e. The van der Waals surface area contributed by atoms with Gasteiger partial charge in [-0.3, -0.25) is 0 Å². The van der Waals surface area contributed by atoms with Crippen LogP contribution in [-0.2, 0) is 6.18 Å². The van der Waals surface area contributed by atoms with Gasteiger partial charge in [0, 0.05) is 4.47 Å².